The summed E-state index contributed by atoms with van der Waals surface area (Å²) < 4.78 is 1.75. The lowest BCUT2D eigenvalue weighted by molar-refractivity contribution is -0.133. The van der Waals surface area contributed by atoms with Crippen LogP contribution in [0.1, 0.15) is 38.3 Å². The molecule has 7 heteroatoms. The lowest BCUT2D eigenvalue weighted by Gasteiger charge is -2.22. The van der Waals surface area contributed by atoms with E-state index in [-0.39, 0.29) is 11.8 Å². The number of amides is 2. The highest BCUT2D eigenvalue weighted by molar-refractivity contribution is 6.01. The largest absolute Gasteiger partial charge is 0.357 e. The molecule has 2 N–H and O–H groups in total. The van der Waals surface area contributed by atoms with E-state index in [1.807, 2.05) is 6.07 Å². The van der Waals surface area contributed by atoms with Gasteiger partial charge in [-0.3, -0.25) is 14.9 Å². The van der Waals surface area contributed by atoms with Gasteiger partial charge in [-0.2, -0.15) is 5.10 Å². The molecule has 1 atom stereocenters. The Hall–Kier alpha value is -2.44. The van der Waals surface area contributed by atoms with Gasteiger partial charge >= 0.3 is 0 Å². The van der Waals surface area contributed by atoms with E-state index in [0.29, 0.717) is 24.6 Å². The van der Waals surface area contributed by atoms with Crippen LogP contribution in [-0.4, -0.2) is 32.5 Å². The number of nitrogens with zero attached hydrogens (tertiary/aromatic N) is 3. The number of rotatable bonds is 3. The fraction of sp³-hybridized carbons (Fsp3) is 0.429. The average molecular weight is 287 g/mol. The first kappa shape index (κ1) is 13.5. The monoisotopic (exact) mass is 287 g/mol. The summed E-state index contributed by atoms with van der Waals surface area (Å²) in [5.41, 5.74) is 1.79. The zero-order chi connectivity index (χ0) is 15.0. The first-order chi connectivity index (χ1) is 10.0. The molecule has 0 saturated carbocycles. The summed E-state index contributed by atoms with van der Waals surface area (Å²) in [5, 5.41) is 9.92. The molecule has 1 aliphatic rings. The SMILES string of the molecule is CC(C)c1cc2c(NC3CCC(=O)NC3=O)nccn2n1. The number of carbonyl (C=O) groups is 2. The van der Waals surface area contributed by atoms with E-state index in [9.17, 15) is 9.59 Å². The molecular weight excluding hydrogens is 270 g/mol. The summed E-state index contributed by atoms with van der Waals surface area (Å²) in [6, 6.07) is 1.52. The van der Waals surface area contributed by atoms with Crippen LogP contribution in [0.4, 0.5) is 5.82 Å². The highest BCUT2D eigenvalue weighted by Crippen LogP contribution is 2.21. The van der Waals surface area contributed by atoms with Crippen LogP contribution in [0.3, 0.4) is 0 Å². The van der Waals surface area contributed by atoms with Crippen LogP contribution in [0.5, 0.6) is 0 Å². The van der Waals surface area contributed by atoms with Gasteiger partial charge in [-0.05, 0) is 18.4 Å². The molecule has 21 heavy (non-hydrogen) atoms. The van der Waals surface area contributed by atoms with Gasteiger partial charge in [0.2, 0.25) is 11.8 Å². The van der Waals surface area contributed by atoms with Crippen molar-refractivity contribution in [2.24, 2.45) is 0 Å². The Kier molecular flexibility index (Phi) is 3.32. The molecule has 3 rings (SSSR count). The molecule has 0 aliphatic carbocycles. The molecular formula is C14H17N5O2. The molecule has 0 spiro atoms. The Morgan fingerprint density at radius 2 is 2.24 bits per heavy atom. The van der Waals surface area contributed by atoms with Crippen molar-refractivity contribution < 1.29 is 9.59 Å². The second-order valence-electron chi connectivity index (χ2n) is 5.48. The van der Waals surface area contributed by atoms with Gasteiger partial charge in [-0.15, -0.1) is 0 Å². The zero-order valence-corrected chi connectivity index (χ0v) is 12.0. The Bertz CT molecular complexity index is 706. The van der Waals surface area contributed by atoms with E-state index < -0.39 is 6.04 Å². The second-order valence-corrected chi connectivity index (χ2v) is 5.48. The third-order valence-electron chi connectivity index (χ3n) is 3.55. The molecule has 0 radical (unpaired) electrons. The molecule has 2 aromatic heterocycles. The van der Waals surface area contributed by atoms with Crippen molar-refractivity contribution in [2.45, 2.75) is 38.6 Å². The van der Waals surface area contributed by atoms with Crippen LogP contribution in [0.15, 0.2) is 18.5 Å². The summed E-state index contributed by atoms with van der Waals surface area (Å²) in [5.74, 6) is 0.383. The summed E-state index contributed by atoms with van der Waals surface area (Å²) in [7, 11) is 0. The van der Waals surface area contributed by atoms with Crippen molar-refractivity contribution in [1.82, 2.24) is 19.9 Å². The number of hydrogen-bond acceptors (Lipinski definition) is 5. The lowest BCUT2D eigenvalue weighted by atomic mass is 10.1. The van der Waals surface area contributed by atoms with Gasteiger partial charge < -0.3 is 5.32 Å². The molecule has 0 bridgehead atoms. The van der Waals surface area contributed by atoms with Crippen LogP contribution < -0.4 is 10.6 Å². The van der Waals surface area contributed by atoms with E-state index in [2.05, 4.69) is 34.6 Å². The molecule has 7 nitrogen and oxygen atoms in total. The molecule has 1 saturated heterocycles. The van der Waals surface area contributed by atoms with Gasteiger partial charge in [-0.1, -0.05) is 13.8 Å². The number of imide groups is 1. The number of fused-ring (bicyclic) bond motifs is 1. The Balaban J connectivity index is 1.90. The van der Waals surface area contributed by atoms with Crippen molar-refractivity contribution in [3.05, 3.63) is 24.2 Å². The van der Waals surface area contributed by atoms with Crippen molar-refractivity contribution in [3.63, 3.8) is 0 Å². The fourth-order valence-corrected chi connectivity index (χ4v) is 2.33. The molecule has 3 heterocycles. The van der Waals surface area contributed by atoms with Gasteiger partial charge in [0.05, 0.1) is 5.69 Å². The standard InChI is InChI=1S/C14H17N5O2/c1-8(2)10-7-11-13(15-5-6-19(11)18-10)16-9-3-4-12(20)17-14(9)21/h5-9H,3-4H2,1-2H3,(H,15,16)(H,17,20,21). The summed E-state index contributed by atoms with van der Waals surface area (Å²) in [6.07, 6.45) is 4.22. The molecule has 1 fully saturated rings. The zero-order valence-electron chi connectivity index (χ0n) is 12.0. The van der Waals surface area contributed by atoms with E-state index in [1.54, 1.807) is 16.9 Å². The fourth-order valence-electron chi connectivity index (χ4n) is 2.33. The van der Waals surface area contributed by atoms with Crippen LogP contribution in [0.25, 0.3) is 5.52 Å². The average Bonchev–Trinajstić information content (AvgIpc) is 2.87. The first-order valence-electron chi connectivity index (χ1n) is 6.99. The number of nitrogens with one attached hydrogen (secondary N) is 2. The smallest absolute Gasteiger partial charge is 0.249 e. The first-order valence-corrected chi connectivity index (χ1v) is 6.99. The van der Waals surface area contributed by atoms with Crippen LogP contribution in [0.2, 0.25) is 0 Å². The number of carbonyl (C=O) groups excluding carboxylic acids is 2. The lowest BCUT2D eigenvalue weighted by Crippen LogP contribution is -2.47. The van der Waals surface area contributed by atoms with Gasteiger partial charge in [0.15, 0.2) is 5.82 Å². The maximum absolute atomic E-state index is 11.8. The highest BCUT2D eigenvalue weighted by Gasteiger charge is 2.27. The van der Waals surface area contributed by atoms with Crippen molar-refractivity contribution in [3.8, 4) is 0 Å². The van der Waals surface area contributed by atoms with Gasteiger partial charge in [-0.25, -0.2) is 9.50 Å². The van der Waals surface area contributed by atoms with E-state index in [0.717, 1.165) is 11.2 Å². The topological polar surface area (TPSA) is 88.4 Å². The van der Waals surface area contributed by atoms with Gasteiger partial charge in [0.25, 0.3) is 0 Å². The highest BCUT2D eigenvalue weighted by atomic mass is 16.2. The maximum Gasteiger partial charge on any atom is 0.249 e. The Labute approximate surface area is 121 Å². The van der Waals surface area contributed by atoms with E-state index in [4.69, 9.17) is 0 Å². The van der Waals surface area contributed by atoms with Crippen LogP contribution in [0, 0.1) is 0 Å². The normalized spacial score (nSPS) is 19.1. The maximum atomic E-state index is 11.8. The minimum atomic E-state index is -0.446. The van der Waals surface area contributed by atoms with Crippen LogP contribution in [-0.2, 0) is 9.59 Å². The van der Waals surface area contributed by atoms with Gasteiger partial charge in [0, 0.05) is 18.8 Å². The van der Waals surface area contributed by atoms with Gasteiger partial charge in [0.1, 0.15) is 11.6 Å². The Morgan fingerprint density at radius 1 is 1.43 bits per heavy atom. The third-order valence-corrected chi connectivity index (χ3v) is 3.55. The Morgan fingerprint density at radius 3 is 2.95 bits per heavy atom. The minimum absolute atomic E-state index is 0.226. The summed E-state index contributed by atoms with van der Waals surface area (Å²) in [4.78, 5) is 27.3. The molecule has 1 aliphatic heterocycles. The number of aromatic nitrogens is 3. The van der Waals surface area contributed by atoms with Crippen molar-refractivity contribution in [2.75, 3.05) is 5.32 Å². The number of piperidine rings is 1. The third kappa shape index (κ3) is 2.58. The van der Waals surface area contributed by atoms with Crippen LogP contribution >= 0.6 is 0 Å². The number of hydrogen-bond donors (Lipinski definition) is 2. The molecule has 2 amide bonds. The number of anilines is 1. The van der Waals surface area contributed by atoms with Crippen molar-refractivity contribution >= 4 is 23.1 Å². The predicted octanol–water partition coefficient (Wildman–Crippen LogP) is 1.07. The second kappa shape index (κ2) is 5.16. The van der Waals surface area contributed by atoms with Crippen molar-refractivity contribution in [1.29, 1.82) is 0 Å². The van der Waals surface area contributed by atoms with E-state index >= 15 is 0 Å². The molecule has 0 aromatic carbocycles. The molecule has 110 valence electrons. The van der Waals surface area contributed by atoms with E-state index in [1.165, 1.54) is 0 Å². The minimum Gasteiger partial charge on any atom is -0.357 e. The molecule has 1 unspecified atom stereocenters. The summed E-state index contributed by atoms with van der Waals surface area (Å²) in [6.45, 7) is 4.14. The quantitative estimate of drug-likeness (QED) is 0.824. The predicted molar refractivity (Wildman–Crippen MR) is 76.9 cm³/mol. The summed E-state index contributed by atoms with van der Waals surface area (Å²) >= 11 is 0. The molecule has 2 aromatic rings.